The lowest BCUT2D eigenvalue weighted by Crippen LogP contribution is -2.25. The Labute approximate surface area is 404 Å². The van der Waals surface area contributed by atoms with Crippen LogP contribution in [0.1, 0.15) is 62.3 Å². The molecule has 8 aromatic carbocycles. The van der Waals surface area contributed by atoms with Crippen LogP contribution in [0.5, 0.6) is 11.5 Å². The molecule has 5 nitrogen and oxygen atoms in total. The van der Waals surface area contributed by atoms with Crippen LogP contribution in [0.3, 0.4) is 0 Å². The van der Waals surface area contributed by atoms with E-state index in [1.807, 2.05) is 54.6 Å². The van der Waals surface area contributed by atoms with E-state index in [0.29, 0.717) is 29.5 Å². The number of anilines is 4. The molecule has 0 atom stereocenters. The summed E-state index contributed by atoms with van der Waals surface area (Å²) in [5.74, 6) is 1.88. The standard InChI is InChI=1S/C63H56N4O/c1-42-35-60(64-40-55(42)44-21-12-9-13-22-44)67-56-26-15-14-23-53(56)54-34-33-49(39-59(54)67)68-50-37-47(63(5,6)7)36-48(38-50)65-41-66(58-28-17-16-27-57(58)65)61-51(43-19-10-8-11-20-43)24-18-25-52(61)45-29-31-46(32-30-45)62(2,3)4/h8-40H,41H2,1-7H3/i1D3. The molecule has 0 aliphatic carbocycles. The molecule has 2 aromatic heterocycles. The van der Waals surface area contributed by atoms with Crippen molar-refractivity contribution in [3.05, 3.63) is 217 Å². The Hall–Kier alpha value is -7.89. The van der Waals surface area contributed by atoms with Crippen LogP contribution in [0.25, 0.3) is 61.0 Å². The van der Waals surface area contributed by atoms with Crippen molar-refractivity contribution < 1.29 is 8.85 Å². The highest BCUT2D eigenvalue weighted by Gasteiger charge is 2.32. The lowest BCUT2D eigenvalue weighted by Gasteiger charge is -2.28. The van der Waals surface area contributed by atoms with Crippen LogP contribution >= 0.6 is 0 Å². The fourth-order valence-electron chi connectivity index (χ4n) is 9.74. The highest BCUT2D eigenvalue weighted by Crippen LogP contribution is 2.51. The summed E-state index contributed by atoms with van der Waals surface area (Å²) < 4.78 is 34.8. The molecule has 0 bridgehead atoms. The zero-order chi connectivity index (χ0) is 49.2. The van der Waals surface area contributed by atoms with Gasteiger partial charge in [0.25, 0.3) is 0 Å². The third kappa shape index (κ3) is 7.78. The molecule has 0 saturated heterocycles. The summed E-state index contributed by atoms with van der Waals surface area (Å²) in [5, 5.41) is 2.04. The van der Waals surface area contributed by atoms with E-state index in [4.69, 9.17) is 13.8 Å². The van der Waals surface area contributed by atoms with Gasteiger partial charge in [-0.15, -0.1) is 0 Å². The lowest BCUT2D eigenvalue weighted by molar-refractivity contribution is 0.479. The largest absolute Gasteiger partial charge is 0.457 e. The Balaban J connectivity index is 1.01. The third-order valence-electron chi connectivity index (χ3n) is 13.4. The van der Waals surface area contributed by atoms with Crippen LogP contribution in [0.15, 0.2) is 200 Å². The van der Waals surface area contributed by atoms with E-state index < -0.39 is 6.85 Å². The van der Waals surface area contributed by atoms with Crippen LogP contribution in [-0.2, 0) is 10.8 Å². The Morgan fingerprint density at radius 3 is 1.76 bits per heavy atom. The lowest BCUT2D eigenvalue weighted by atomic mass is 9.86. The van der Waals surface area contributed by atoms with E-state index in [0.717, 1.165) is 66.8 Å². The molecule has 5 heteroatoms. The number of benzene rings is 8. The number of fused-ring (bicyclic) bond motifs is 4. The van der Waals surface area contributed by atoms with Crippen LogP contribution in [-0.4, -0.2) is 16.2 Å². The first kappa shape index (κ1) is 39.3. The maximum atomic E-state index is 8.59. The molecule has 0 unspecified atom stereocenters. The number of hydrogen-bond donors (Lipinski definition) is 0. The molecular weight excluding hydrogens is 829 g/mol. The fraction of sp³-hybridized carbons (Fsp3) is 0.159. The summed E-state index contributed by atoms with van der Waals surface area (Å²) >= 11 is 0. The van der Waals surface area contributed by atoms with Gasteiger partial charge in [-0.3, -0.25) is 4.57 Å². The van der Waals surface area contributed by atoms with Gasteiger partial charge < -0.3 is 14.5 Å². The minimum Gasteiger partial charge on any atom is -0.457 e. The molecular formula is C63H56N4O. The summed E-state index contributed by atoms with van der Waals surface area (Å²) in [4.78, 5) is 9.82. The molecule has 0 spiro atoms. The van der Waals surface area contributed by atoms with Gasteiger partial charge in [0, 0.05) is 55.6 Å². The Morgan fingerprint density at radius 1 is 0.485 bits per heavy atom. The Morgan fingerprint density at radius 2 is 1.09 bits per heavy atom. The average Bonchev–Trinajstić information content (AvgIpc) is 3.92. The summed E-state index contributed by atoms with van der Waals surface area (Å²) in [6.07, 6.45) is 1.69. The minimum absolute atomic E-state index is 0.0409. The molecule has 0 amide bonds. The van der Waals surface area contributed by atoms with Crippen LogP contribution in [0.4, 0.5) is 22.7 Å². The van der Waals surface area contributed by atoms with Crippen molar-refractivity contribution >= 4 is 44.6 Å². The molecule has 10 aromatic rings. The van der Waals surface area contributed by atoms with Crippen molar-refractivity contribution in [1.82, 2.24) is 9.55 Å². The first-order chi connectivity index (χ1) is 34.1. The van der Waals surface area contributed by atoms with E-state index in [-0.39, 0.29) is 16.4 Å². The van der Waals surface area contributed by atoms with Crippen molar-refractivity contribution in [2.24, 2.45) is 0 Å². The SMILES string of the molecule is [2H]C([2H])([2H])c1cc(-n2c3ccccc3c3ccc(Oc4cc(N5CN(c6c(-c7ccccc7)cccc6-c6ccc(C(C)(C)C)cc6)c6ccccc65)cc(C(C)(C)C)c4)cc32)ncc1-c1ccccc1. The number of nitrogens with zero attached hydrogens (tertiary/aromatic N) is 4. The first-order valence-electron chi connectivity index (χ1n) is 25.0. The topological polar surface area (TPSA) is 33.5 Å². The van der Waals surface area contributed by atoms with Crippen molar-refractivity contribution in [3.8, 4) is 50.7 Å². The first-order valence-corrected chi connectivity index (χ1v) is 23.5. The summed E-state index contributed by atoms with van der Waals surface area (Å²) in [5.41, 5.74) is 14.8. The van der Waals surface area contributed by atoms with Gasteiger partial charge in [0.2, 0.25) is 0 Å². The van der Waals surface area contributed by atoms with E-state index in [1.165, 1.54) is 16.7 Å². The van der Waals surface area contributed by atoms with E-state index in [9.17, 15) is 0 Å². The van der Waals surface area contributed by atoms with E-state index in [1.54, 1.807) is 12.3 Å². The van der Waals surface area contributed by atoms with Gasteiger partial charge in [0.05, 0.1) is 28.1 Å². The van der Waals surface area contributed by atoms with Gasteiger partial charge in [0.15, 0.2) is 0 Å². The zero-order valence-electron chi connectivity index (χ0n) is 42.5. The summed E-state index contributed by atoms with van der Waals surface area (Å²) in [6, 6.07) is 67.4. The molecule has 1 aliphatic heterocycles. The molecule has 0 fully saturated rings. The second-order valence-electron chi connectivity index (χ2n) is 19.9. The molecule has 0 radical (unpaired) electrons. The number of para-hydroxylation sites is 4. The molecule has 0 saturated carbocycles. The monoisotopic (exact) mass is 887 g/mol. The summed E-state index contributed by atoms with van der Waals surface area (Å²) in [7, 11) is 0. The number of aromatic nitrogens is 2. The molecule has 334 valence electrons. The van der Waals surface area contributed by atoms with Gasteiger partial charge in [0.1, 0.15) is 24.0 Å². The van der Waals surface area contributed by atoms with Crippen molar-refractivity contribution in [2.45, 2.75) is 59.2 Å². The number of hydrogen-bond acceptors (Lipinski definition) is 4. The summed E-state index contributed by atoms with van der Waals surface area (Å²) in [6.45, 7) is 11.7. The van der Waals surface area contributed by atoms with Gasteiger partial charge in [-0.25, -0.2) is 4.98 Å². The maximum Gasteiger partial charge on any atom is 0.137 e. The van der Waals surface area contributed by atoms with E-state index >= 15 is 0 Å². The quantitative estimate of drug-likeness (QED) is 0.152. The van der Waals surface area contributed by atoms with Gasteiger partial charge in [-0.05, 0) is 99.6 Å². The van der Waals surface area contributed by atoms with Crippen molar-refractivity contribution in [1.29, 1.82) is 0 Å². The second-order valence-corrected chi connectivity index (χ2v) is 19.9. The number of rotatable bonds is 8. The van der Waals surface area contributed by atoms with Gasteiger partial charge >= 0.3 is 0 Å². The predicted octanol–water partition coefficient (Wildman–Crippen LogP) is 17.1. The zero-order valence-corrected chi connectivity index (χ0v) is 39.5. The van der Waals surface area contributed by atoms with Crippen LogP contribution in [0.2, 0.25) is 0 Å². The van der Waals surface area contributed by atoms with E-state index in [2.05, 4.69) is 189 Å². The molecule has 68 heavy (non-hydrogen) atoms. The van der Waals surface area contributed by atoms with Crippen LogP contribution in [0, 0.1) is 6.85 Å². The predicted molar refractivity (Wildman–Crippen MR) is 286 cm³/mol. The second kappa shape index (κ2) is 16.8. The number of pyridine rings is 1. The van der Waals surface area contributed by atoms with Gasteiger partial charge in [-0.2, -0.15) is 0 Å². The fourth-order valence-corrected chi connectivity index (χ4v) is 9.74. The average molecular weight is 888 g/mol. The normalized spacial score (nSPS) is 13.6. The number of aryl methyl sites for hydroxylation is 1. The molecule has 3 heterocycles. The Kier molecular flexibility index (Phi) is 9.69. The minimum atomic E-state index is -2.37. The molecule has 0 N–H and O–H groups in total. The molecule has 1 aliphatic rings. The third-order valence-corrected chi connectivity index (χ3v) is 13.4. The van der Waals surface area contributed by atoms with Gasteiger partial charge in [-0.1, -0.05) is 175 Å². The Bertz CT molecular complexity index is 3610. The van der Waals surface area contributed by atoms with Crippen LogP contribution < -0.4 is 14.5 Å². The highest BCUT2D eigenvalue weighted by atomic mass is 16.5. The van der Waals surface area contributed by atoms with Crippen molar-refractivity contribution in [3.63, 3.8) is 0 Å². The highest BCUT2D eigenvalue weighted by molar-refractivity contribution is 6.09. The van der Waals surface area contributed by atoms with Crippen molar-refractivity contribution in [2.75, 3.05) is 16.5 Å². The molecule has 11 rings (SSSR count). The maximum absolute atomic E-state index is 8.59. The number of ether oxygens (including phenoxy) is 1. The smallest absolute Gasteiger partial charge is 0.137 e.